The maximum atomic E-state index is 13.0. The summed E-state index contributed by atoms with van der Waals surface area (Å²) in [6.07, 6.45) is 1.69. The van der Waals surface area contributed by atoms with E-state index in [-0.39, 0.29) is 11.9 Å². The van der Waals surface area contributed by atoms with Crippen molar-refractivity contribution < 1.29 is 14.3 Å². The number of methoxy groups -OCH3 is 1. The fourth-order valence-corrected chi connectivity index (χ4v) is 3.08. The van der Waals surface area contributed by atoms with Crippen molar-refractivity contribution in [2.45, 2.75) is 39.5 Å². The number of benzene rings is 1. The lowest BCUT2D eigenvalue weighted by Gasteiger charge is -2.23. The average molecular weight is 361 g/mol. The maximum absolute atomic E-state index is 13.0. The monoisotopic (exact) mass is 361 g/mol. The molecule has 2 rings (SSSR count). The Hall–Kier alpha value is -2.24. The molecule has 0 unspecified atom stereocenters. The second kappa shape index (κ2) is 9.46. The molecule has 0 spiro atoms. The molecule has 6 nitrogen and oxygen atoms in total. The third-order valence-corrected chi connectivity index (χ3v) is 4.72. The number of nitrogens with zero attached hydrogens (tertiary/aromatic N) is 2. The van der Waals surface area contributed by atoms with Crippen molar-refractivity contribution >= 4 is 11.9 Å². The number of rotatable bonds is 5. The van der Waals surface area contributed by atoms with Gasteiger partial charge in [-0.15, -0.1) is 0 Å². The SMILES string of the molecule is CCCNC(=O)N1CCCN(C(=O)c2ccc(C(C)C)cc2OC)CC1. The lowest BCUT2D eigenvalue weighted by molar-refractivity contribution is 0.0759. The summed E-state index contributed by atoms with van der Waals surface area (Å²) in [6, 6.07) is 5.75. The van der Waals surface area contributed by atoms with Crippen LogP contribution in [0.1, 0.15) is 55.5 Å². The Morgan fingerprint density at radius 2 is 1.85 bits per heavy atom. The lowest BCUT2D eigenvalue weighted by Crippen LogP contribution is -2.42. The largest absolute Gasteiger partial charge is 0.496 e. The second-order valence-electron chi connectivity index (χ2n) is 6.98. The average Bonchev–Trinajstić information content (AvgIpc) is 2.91. The van der Waals surface area contributed by atoms with E-state index in [1.54, 1.807) is 12.0 Å². The smallest absolute Gasteiger partial charge is 0.317 e. The molecule has 1 heterocycles. The van der Waals surface area contributed by atoms with Crippen LogP contribution in [0.2, 0.25) is 0 Å². The van der Waals surface area contributed by atoms with E-state index in [0.717, 1.165) is 18.4 Å². The highest BCUT2D eigenvalue weighted by atomic mass is 16.5. The van der Waals surface area contributed by atoms with Crippen LogP contribution in [-0.4, -0.2) is 61.6 Å². The van der Waals surface area contributed by atoms with Gasteiger partial charge < -0.3 is 19.9 Å². The van der Waals surface area contributed by atoms with Crippen molar-refractivity contribution in [2.75, 3.05) is 39.8 Å². The molecule has 1 fully saturated rings. The number of ether oxygens (including phenoxy) is 1. The Morgan fingerprint density at radius 1 is 1.15 bits per heavy atom. The zero-order chi connectivity index (χ0) is 19.1. The fourth-order valence-electron chi connectivity index (χ4n) is 3.08. The summed E-state index contributed by atoms with van der Waals surface area (Å²) in [7, 11) is 1.60. The van der Waals surface area contributed by atoms with Gasteiger partial charge in [-0.05, 0) is 36.5 Å². The summed E-state index contributed by atoms with van der Waals surface area (Å²) in [4.78, 5) is 28.8. The number of amides is 3. The number of urea groups is 1. The summed E-state index contributed by atoms with van der Waals surface area (Å²) in [5.74, 6) is 0.956. The molecule has 1 N–H and O–H groups in total. The molecule has 1 aromatic carbocycles. The normalized spacial score (nSPS) is 15.0. The predicted molar refractivity (Wildman–Crippen MR) is 103 cm³/mol. The molecule has 0 saturated carbocycles. The zero-order valence-corrected chi connectivity index (χ0v) is 16.4. The van der Waals surface area contributed by atoms with Crippen LogP contribution in [0.4, 0.5) is 4.79 Å². The Balaban J connectivity index is 2.07. The highest BCUT2D eigenvalue weighted by molar-refractivity contribution is 5.97. The van der Waals surface area contributed by atoms with E-state index in [4.69, 9.17) is 4.74 Å². The predicted octanol–water partition coefficient (Wildman–Crippen LogP) is 3.09. The number of hydrogen-bond donors (Lipinski definition) is 1. The van der Waals surface area contributed by atoms with E-state index in [9.17, 15) is 9.59 Å². The van der Waals surface area contributed by atoms with Gasteiger partial charge in [0, 0.05) is 32.7 Å². The topological polar surface area (TPSA) is 61.9 Å². The molecule has 1 aliphatic rings. The molecule has 3 amide bonds. The van der Waals surface area contributed by atoms with Crippen LogP contribution in [0.15, 0.2) is 18.2 Å². The minimum Gasteiger partial charge on any atom is -0.496 e. The molecule has 1 aromatic rings. The molecule has 0 aromatic heterocycles. The molecule has 6 heteroatoms. The zero-order valence-electron chi connectivity index (χ0n) is 16.4. The van der Waals surface area contributed by atoms with Gasteiger partial charge in [-0.2, -0.15) is 0 Å². The minimum absolute atomic E-state index is 0.0343. The highest BCUT2D eigenvalue weighted by Gasteiger charge is 2.24. The summed E-state index contributed by atoms with van der Waals surface area (Å²) in [6.45, 7) is 9.33. The van der Waals surface area contributed by atoms with Crippen molar-refractivity contribution in [3.05, 3.63) is 29.3 Å². The number of carbonyl (C=O) groups excluding carboxylic acids is 2. The minimum atomic E-state index is -0.0417. The van der Waals surface area contributed by atoms with Crippen molar-refractivity contribution in [3.63, 3.8) is 0 Å². The van der Waals surface area contributed by atoms with E-state index in [1.807, 2.05) is 30.0 Å². The fraction of sp³-hybridized carbons (Fsp3) is 0.600. The van der Waals surface area contributed by atoms with Gasteiger partial charge in [0.15, 0.2) is 0 Å². The van der Waals surface area contributed by atoms with Gasteiger partial charge in [-0.3, -0.25) is 4.79 Å². The standard InChI is InChI=1S/C20H31N3O3/c1-5-9-21-20(25)23-11-6-10-22(12-13-23)19(24)17-8-7-16(15(2)3)14-18(17)26-4/h7-8,14-15H,5-6,9-13H2,1-4H3,(H,21,25). The molecule has 0 aliphatic carbocycles. The summed E-state index contributed by atoms with van der Waals surface area (Å²) >= 11 is 0. The molecular formula is C20H31N3O3. The number of hydrogen-bond acceptors (Lipinski definition) is 3. The number of carbonyl (C=O) groups is 2. The van der Waals surface area contributed by atoms with Crippen LogP contribution in [0.25, 0.3) is 0 Å². The van der Waals surface area contributed by atoms with Crippen LogP contribution >= 0.6 is 0 Å². The van der Waals surface area contributed by atoms with E-state index in [1.165, 1.54) is 0 Å². The molecule has 1 aliphatic heterocycles. The second-order valence-corrected chi connectivity index (χ2v) is 6.98. The molecule has 1 saturated heterocycles. The molecular weight excluding hydrogens is 330 g/mol. The van der Waals surface area contributed by atoms with Gasteiger partial charge in [0.2, 0.25) is 0 Å². The van der Waals surface area contributed by atoms with Gasteiger partial charge in [-0.1, -0.05) is 26.8 Å². The summed E-state index contributed by atoms with van der Waals surface area (Å²) in [5, 5.41) is 2.90. The molecule has 0 bridgehead atoms. The molecule has 0 radical (unpaired) electrons. The Kier molecular flexibility index (Phi) is 7.30. The van der Waals surface area contributed by atoms with E-state index >= 15 is 0 Å². The van der Waals surface area contributed by atoms with Gasteiger partial charge in [0.1, 0.15) is 5.75 Å². The van der Waals surface area contributed by atoms with Crippen molar-refractivity contribution in [1.29, 1.82) is 0 Å². The first-order valence-electron chi connectivity index (χ1n) is 9.47. The maximum Gasteiger partial charge on any atom is 0.317 e. The van der Waals surface area contributed by atoms with Crippen molar-refractivity contribution in [3.8, 4) is 5.75 Å². The third-order valence-electron chi connectivity index (χ3n) is 4.72. The Labute approximate surface area is 156 Å². The van der Waals surface area contributed by atoms with E-state index < -0.39 is 0 Å². The van der Waals surface area contributed by atoms with Crippen LogP contribution in [-0.2, 0) is 0 Å². The first-order valence-corrected chi connectivity index (χ1v) is 9.47. The first-order chi connectivity index (χ1) is 12.5. The first kappa shape index (κ1) is 20.1. The Bertz CT molecular complexity index is 631. The van der Waals surface area contributed by atoms with Crippen LogP contribution in [0.5, 0.6) is 5.75 Å². The molecule has 0 atom stereocenters. The van der Waals surface area contributed by atoms with Gasteiger partial charge in [0.25, 0.3) is 5.91 Å². The van der Waals surface area contributed by atoms with E-state index in [2.05, 4.69) is 19.2 Å². The van der Waals surface area contributed by atoms with Gasteiger partial charge >= 0.3 is 6.03 Å². The van der Waals surface area contributed by atoms with Crippen LogP contribution < -0.4 is 10.1 Å². The van der Waals surface area contributed by atoms with Crippen molar-refractivity contribution in [2.24, 2.45) is 0 Å². The quantitative estimate of drug-likeness (QED) is 0.877. The summed E-state index contributed by atoms with van der Waals surface area (Å²) in [5.41, 5.74) is 1.73. The summed E-state index contributed by atoms with van der Waals surface area (Å²) < 4.78 is 5.46. The number of nitrogens with one attached hydrogen (secondary N) is 1. The van der Waals surface area contributed by atoms with Crippen LogP contribution in [0.3, 0.4) is 0 Å². The van der Waals surface area contributed by atoms with Gasteiger partial charge in [-0.25, -0.2) is 4.79 Å². The van der Waals surface area contributed by atoms with Gasteiger partial charge in [0.05, 0.1) is 12.7 Å². The van der Waals surface area contributed by atoms with Crippen molar-refractivity contribution in [1.82, 2.24) is 15.1 Å². The lowest BCUT2D eigenvalue weighted by atomic mass is 10.0. The molecule has 144 valence electrons. The van der Waals surface area contributed by atoms with E-state index in [0.29, 0.717) is 50.0 Å². The molecule has 26 heavy (non-hydrogen) atoms. The highest BCUT2D eigenvalue weighted by Crippen LogP contribution is 2.26. The van der Waals surface area contributed by atoms with Crippen LogP contribution in [0, 0.1) is 0 Å². The Morgan fingerprint density at radius 3 is 2.50 bits per heavy atom. The third kappa shape index (κ3) is 4.90.